The lowest BCUT2D eigenvalue weighted by molar-refractivity contribution is -0.0530. The number of fused-ring (bicyclic) bond motifs is 3. The number of ether oxygens (including phenoxy) is 1. The molecule has 0 radical (unpaired) electrons. The van der Waals surface area contributed by atoms with Crippen LogP contribution < -0.4 is 0 Å². The van der Waals surface area contributed by atoms with Gasteiger partial charge in [0.05, 0.1) is 12.6 Å². The Hall–Kier alpha value is -2.49. The molecule has 33 heavy (non-hydrogen) atoms. The van der Waals surface area contributed by atoms with E-state index in [9.17, 15) is 23.1 Å². The third kappa shape index (κ3) is 4.76. The highest BCUT2D eigenvalue weighted by Gasteiger charge is 2.65. The molecule has 0 aromatic carbocycles. The van der Waals surface area contributed by atoms with E-state index in [0.717, 1.165) is 12.8 Å². The molecule has 2 saturated heterocycles. The topological polar surface area (TPSA) is 176 Å². The van der Waals surface area contributed by atoms with Crippen molar-refractivity contribution in [3.63, 3.8) is 0 Å². The molecule has 14 nitrogen and oxygen atoms in total. The lowest BCUT2D eigenvalue weighted by Gasteiger charge is -2.34. The van der Waals surface area contributed by atoms with E-state index >= 15 is 0 Å². The fourth-order valence-corrected chi connectivity index (χ4v) is 4.67. The molecule has 4 rings (SSSR count). The van der Waals surface area contributed by atoms with Gasteiger partial charge in [-0.3, -0.25) is 4.55 Å². The Morgan fingerprint density at radius 3 is 2.61 bits per heavy atom. The minimum absolute atomic E-state index is 0.0794. The van der Waals surface area contributed by atoms with E-state index < -0.39 is 46.3 Å². The Kier molecular flexibility index (Phi) is 5.58. The molecule has 1 saturated carbocycles. The molecular weight excluding hydrogens is 462 g/mol. The van der Waals surface area contributed by atoms with Crippen LogP contribution in [-0.4, -0.2) is 87.0 Å². The van der Waals surface area contributed by atoms with Crippen LogP contribution in [0.25, 0.3) is 0 Å². The van der Waals surface area contributed by atoms with Crippen LogP contribution in [0.4, 0.5) is 9.59 Å². The number of aromatic nitrogens is 2. The van der Waals surface area contributed by atoms with Crippen molar-refractivity contribution in [2.24, 2.45) is 5.41 Å². The number of aliphatic hydroxyl groups excluding tert-OH is 1. The van der Waals surface area contributed by atoms with Gasteiger partial charge in [0.25, 0.3) is 0 Å². The molecule has 1 aliphatic carbocycles. The number of amides is 3. The van der Waals surface area contributed by atoms with Crippen molar-refractivity contribution in [2.75, 3.05) is 20.1 Å². The number of urea groups is 1. The second kappa shape index (κ2) is 7.78. The standard InChI is InChI=1S/C18H27N5O9S/c1-17(2,3)31-16(26)21(4)8-11(24)14-20-19-13(30-14)10-7-18(5-6-18)12-9-22(10)15(25)23(12)32-33(27,28)29/h10-12,24H,5-9H2,1-4H3,(H,27,28,29)/t10-,11-,12-/m0/s1. The van der Waals surface area contributed by atoms with Gasteiger partial charge in [0, 0.05) is 13.6 Å². The van der Waals surface area contributed by atoms with E-state index in [1.165, 1.54) is 16.8 Å². The average molecular weight is 490 g/mol. The Labute approximate surface area is 190 Å². The predicted octanol–water partition coefficient (Wildman–Crippen LogP) is 1.04. The van der Waals surface area contributed by atoms with Crippen molar-refractivity contribution < 1.29 is 41.1 Å². The third-order valence-corrected chi connectivity index (χ3v) is 6.36. The lowest BCUT2D eigenvalue weighted by Crippen LogP contribution is -2.43. The predicted molar refractivity (Wildman–Crippen MR) is 108 cm³/mol. The smallest absolute Gasteiger partial charge is 0.418 e. The number of carbonyl (C=O) groups excluding carboxylic acids is 2. The van der Waals surface area contributed by atoms with E-state index in [2.05, 4.69) is 14.5 Å². The van der Waals surface area contributed by atoms with Crippen LogP contribution in [0.3, 0.4) is 0 Å². The Morgan fingerprint density at radius 2 is 2.03 bits per heavy atom. The van der Waals surface area contributed by atoms with Crippen molar-refractivity contribution in [2.45, 2.75) is 63.8 Å². The molecular formula is C18H27N5O9S. The molecule has 2 N–H and O–H groups in total. The maximum Gasteiger partial charge on any atom is 0.418 e. The van der Waals surface area contributed by atoms with E-state index in [1.807, 2.05) is 0 Å². The zero-order valence-electron chi connectivity index (χ0n) is 18.7. The highest BCUT2D eigenvalue weighted by molar-refractivity contribution is 7.80. The normalized spacial score (nSPS) is 24.8. The summed E-state index contributed by atoms with van der Waals surface area (Å²) in [6, 6.07) is -1.92. The molecule has 0 unspecified atom stereocenters. The molecule has 2 bridgehead atoms. The number of hydrogen-bond acceptors (Lipinski definition) is 10. The summed E-state index contributed by atoms with van der Waals surface area (Å²) in [4.78, 5) is 27.4. The largest absolute Gasteiger partial charge is 0.444 e. The van der Waals surface area contributed by atoms with E-state index in [-0.39, 0.29) is 30.3 Å². The van der Waals surface area contributed by atoms with Gasteiger partial charge in [0.1, 0.15) is 17.7 Å². The summed E-state index contributed by atoms with van der Waals surface area (Å²) in [6.07, 6.45) is 0.000607. The summed E-state index contributed by atoms with van der Waals surface area (Å²) in [7, 11) is -3.41. The van der Waals surface area contributed by atoms with Crippen LogP contribution in [-0.2, 0) is 19.4 Å². The molecule has 3 aliphatic rings. The van der Waals surface area contributed by atoms with Crippen molar-refractivity contribution >= 4 is 22.5 Å². The van der Waals surface area contributed by atoms with Crippen LogP contribution in [0, 0.1) is 5.41 Å². The number of aliphatic hydroxyl groups is 1. The van der Waals surface area contributed by atoms with Crippen LogP contribution in [0.1, 0.15) is 64.0 Å². The van der Waals surface area contributed by atoms with Gasteiger partial charge in [-0.1, -0.05) is 0 Å². The van der Waals surface area contributed by atoms with Crippen molar-refractivity contribution in [3.05, 3.63) is 11.8 Å². The second-order valence-corrected chi connectivity index (χ2v) is 10.7. The minimum Gasteiger partial charge on any atom is -0.444 e. The van der Waals surface area contributed by atoms with Gasteiger partial charge in [0.15, 0.2) is 0 Å². The first-order chi connectivity index (χ1) is 15.2. The number of hydroxylamine groups is 2. The van der Waals surface area contributed by atoms with Gasteiger partial charge in [-0.2, -0.15) is 13.5 Å². The molecule has 3 amide bonds. The second-order valence-electron chi connectivity index (χ2n) is 9.72. The molecule has 1 aromatic rings. The molecule has 3 atom stereocenters. The maximum atomic E-state index is 12.8. The lowest BCUT2D eigenvalue weighted by atomic mass is 9.85. The number of carbonyl (C=O) groups is 2. The summed E-state index contributed by atoms with van der Waals surface area (Å²) < 4.78 is 46.9. The third-order valence-electron chi connectivity index (χ3n) is 6.01. The SMILES string of the molecule is CN(C[C@H](O)c1nnc([C@@H]2CC3(CC3)[C@@H]3CN2C(=O)N3OS(=O)(=O)O)o1)C(=O)OC(C)(C)C. The number of rotatable bonds is 6. The van der Waals surface area contributed by atoms with Crippen molar-refractivity contribution in [3.8, 4) is 0 Å². The first kappa shape index (κ1) is 23.7. The van der Waals surface area contributed by atoms with Crippen LogP contribution in [0.2, 0.25) is 0 Å². The first-order valence-corrected chi connectivity index (χ1v) is 11.8. The molecule has 1 aromatic heterocycles. The van der Waals surface area contributed by atoms with Crippen LogP contribution in [0.15, 0.2) is 4.42 Å². The fraction of sp³-hybridized carbons (Fsp3) is 0.778. The molecule has 2 aliphatic heterocycles. The minimum atomic E-state index is -4.87. The molecule has 3 heterocycles. The number of piperidine rings is 1. The van der Waals surface area contributed by atoms with Gasteiger partial charge >= 0.3 is 22.5 Å². The van der Waals surface area contributed by atoms with Crippen molar-refractivity contribution in [1.82, 2.24) is 25.1 Å². The van der Waals surface area contributed by atoms with Gasteiger partial charge < -0.3 is 24.1 Å². The van der Waals surface area contributed by atoms with E-state index in [1.54, 1.807) is 20.8 Å². The number of hydrogen-bond donors (Lipinski definition) is 2. The van der Waals surface area contributed by atoms with E-state index in [0.29, 0.717) is 11.5 Å². The quantitative estimate of drug-likeness (QED) is 0.546. The average Bonchev–Trinajstić information content (AvgIpc) is 3.16. The highest BCUT2D eigenvalue weighted by atomic mass is 32.3. The van der Waals surface area contributed by atoms with Gasteiger partial charge in [-0.05, 0) is 45.4 Å². The van der Waals surface area contributed by atoms with Crippen molar-refractivity contribution in [1.29, 1.82) is 0 Å². The number of likely N-dealkylation sites (N-methyl/N-ethyl adjacent to an activating group) is 1. The monoisotopic (exact) mass is 489 g/mol. The van der Waals surface area contributed by atoms with Gasteiger partial charge in [-0.15, -0.1) is 14.5 Å². The zero-order valence-corrected chi connectivity index (χ0v) is 19.5. The highest BCUT2D eigenvalue weighted by Crippen LogP contribution is 2.61. The fourth-order valence-electron chi connectivity index (χ4n) is 4.30. The van der Waals surface area contributed by atoms with Gasteiger partial charge in [-0.25, -0.2) is 9.59 Å². The molecule has 15 heteroatoms. The molecule has 3 fully saturated rings. The van der Waals surface area contributed by atoms with Gasteiger partial charge in [0.2, 0.25) is 11.8 Å². The summed E-state index contributed by atoms with van der Waals surface area (Å²) in [5.41, 5.74) is -1.08. The summed E-state index contributed by atoms with van der Waals surface area (Å²) in [5.74, 6) is -0.0548. The summed E-state index contributed by atoms with van der Waals surface area (Å²) >= 11 is 0. The first-order valence-electron chi connectivity index (χ1n) is 10.4. The Morgan fingerprint density at radius 1 is 1.36 bits per heavy atom. The zero-order chi connectivity index (χ0) is 24.3. The Balaban J connectivity index is 1.48. The van der Waals surface area contributed by atoms with Crippen LogP contribution >= 0.6 is 0 Å². The van der Waals surface area contributed by atoms with E-state index in [4.69, 9.17) is 13.7 Å². The van der Waals surface area contributed by atoms with Crippen LogP contribution in [0.5, 0.6) is 0 Å². The number of nitrogens with zero attached hydrogens (tertiary/aromatic N) is 5. The Bertz CT molecular complexity index is 1050. The summed E-state index contributed by atoms with van der Waals surface area (Å²) in [5, 5.41) is 19.0. The summed E-state index contributed by atoms with van der Waals surface area (Å²) in [6.45, 7) is 5.18. The molecule has 1 spiro atoms. The maximum absolute atomic E-state index is 12.8. The molecule has 184 valence electrons.